The Morgan fingerprint density at radius 2 is 1.67 bits per heavy atom. The van der Waals surface area contributed by atoms with Gasteiger partial charge in [-0.1, -0.05) is 12.1 Å². The van der Waals surface area contributed by atoms with Crippen molar-refractivity contribution < 1.29 is 4.79 Å². The molecule has 7 nitrogen and oxygen atoms in total. The first kappa shape index (κ1) is 21.6. The number of aromatic nitrogens is 4. The summed E-state index contributed by atoms with van der Waals surface area (Å²) in [5, 5.41) is 7.56. The zero-order valence-electron chi connectivity index (χ0n) is 18.7. The van der Waals surface area contributed by atoms with Crippen LogP contribution in [0, 0.1) is 27.7 Å². The van der Waals surface area contributed by atoms with Crippen molar-refractivity contribution in [3.05, 3.63) is 64.2 Å². The summed E-state index contributed by atoms with van der Waals surface area (Å²) < 4.78 is 1.72. The fourth-order valence-electron chi connectivity index (χ4n) is 3.40. The van der Waals surface area contributed by atoms with Gasteiger partial charge in [0.05, 0.1) is 12.1 Å². The maximum absolute atomic E-state index is 12.7. The van der Waals surface area contributed by atoms with Crippen molar-refractivity contribution in [2.24, 2.45) is 0 Å². The number of nitrogens with zero attached hydrogens (tertiary/aromatic N) is 5. The minimum absolute atomic E-state index is 0.0665. The average Bonchev–Trinajstić information content (AvgIpc) is 2.95. The molecule has 0 saturated heterocycles. The lowest BCUT2D eigenvalue weighted by molar-refractivity contribution is -0.115. The molecule has 1 amide bonds. The predicted octanol–water partition coefficient (Wildman–Crippen LogP) is 3.18. The Kier molecular flexibility index (Phi) is 6.62. The highest BCUT2D eigenvalue weighted by molar-refractivity contribution is 5.92. The van der Waals surface area contributed by atoms with Gasteiger partial charge in [-0.15, -0.1) is 0 Å². The van der Waals surface area contributed by atoms with E-state index in [0.717, 1.165) is 47.0 Å². The van der Waals surface area contributed by atoms with Crippen LogP contribution in [-0.2, 0) is 17.6 Å². The molecule has 1 aromatic carbocycles. The summed E-state index contributed by atoms with van der Waals surface area (Å²) in [6.07, 6.45) is 1.24. The van der Waals surface area contributed by atoms with Gasteiger partial charge in [0, 0.05) is 34.9 Å². The highest BCUT2D eigenvalue weighted by Gasteiger charge is 2.17. The van der Waals surface area contributed by atoms with Crippen LogP contribution in [0.1, 0.15) is 33.9 Å². The Balaban J connectivity index is 1.70. The summed E-state index contributed by atoms with van der Waals surface area (Å²) in [6.45, 7) is 8.73. The summed E-state index contributed by atoms with van der Waals surface area (Å²) in [5.74, 6) is 0.469. The predicted molar refractivity (Wildman–Crippen MR) is 119 cm³/mol. The Bertz CT molecular complexity index is 1020. The molecule has 0 fully saturated rings. The molecule has 0 aliphatic heterocycles. The number of likely N-dealkylation sites (N-methyl/N-ethyl adjacent to an activating group) is 1. The third kappa shape index (κ3) is 5.30. The Labute approximate surface area is 178 Å². The molecular formula is C23H30N6O. The first-order valence-electron chi connectivity index (χ1n) is 10.1. The van der Waals surface area contributed by atoms with Gasteiger partial charge in [0.2, 0.25) is 5.91 Å². The third-order valence-corrected chi connectivity index (χ3v) is 5.02. The molecule has 3 rings (SSSR count). The van der Waals surface area contributed by atoms with Gasteiger partial charge in [0.15, 0.2) is 0 Å². The van der Waals surface area contributed by atoms with Crippen molar-refractivity contribution in [3.63, 3.8) is 0 Å². The molecule has 0 unspecified atom stereocenters. The van der Waals surface area contributed by atoms with E-state index in [-0.39, 0.29) is 12.3 Å². The van der Waals surface area contributed by atoms with Gasteiger partial charge in [-0.25, -0.2) is 14.6 Å². The van der Waals surface area contributed by atoms with Crippen LogP contribution in [0.25, 0.3) is 5.95 Å². The number of anilines is 1. The van der Waals surface area contributed by atoms with Crippen LogP contribution in [0.5, 0.6) is 0 Å². The molecule has 0 spiro atoms. The van der Waals surface area contributed by atoms with Crippen LogP contribution < -0.4 is 5.32 Å². The minimum atomic E-state index is -0.0665. The average molecular weight is 407 g/mol. The van der Waals surface area contributed by atoms with Crippen molar-refractivity contribution in [1.29, 1.82) is 0 Å². The summed E-state index contributed by atoms with van der Waals surface area (Å²) >= 11 is 0. The van der Waals surface area contributed by atoms with Gasteiger partial charge in [-0.2, -0.15) is 5.10 Å². The number of amides is 1. The number of hydrogen-bond donors (Lipinski definition) is 1. The van der Waals surface area contributed by atoms with Crippen LogP contribution in [0.4, 0.5) is 5.69 Å². The molecule has 2 heterocycles. The summed E-state index contributed by atoms with van der Waals surface area (Å²) in [7, 11) is 4.12. The van der Waals surface area contributed by atoms with E-state index < -0.39 is 0 Å². The number of aryl methyl sites for hydroxylation is 3. The van der Waals surface area contributed by atoms with E-state index in [1.54, 1.807) is 4.68 Å². The molecule has 1 N–H and O–H groups in total. The van der Waals surface area contributed by atoms with E-state index >= 15 is 0 Å². The van der Waals surface area contributed by atoms with Crippen molar-refractivity contribution in [3.8, 4) is 5.95 Å². The minimum Gasteiger partial charge on any atom is -0.326 e. The van der Waals surface area contributed by atoms with Gasteiger partial charge in [-0.3, -0.25) is 4.79 Å². The number of carbonyl (C=O) groups is 1. The SMILES string of the molecule is Cc1cc(C)nc(-n2nc(C)c(CC(=O)Nc3ccc(CCN(C)C)cc3)c2C)n1. The molecule has 0 bridgehead atoms. The van der Waals surface area contributed by atoms with Crippen LogP contribution >= 0.6 is 0 Å². The quantitative estimate of drug-likeness (QED) is 0.652. The molecule has 0 aliphatic carbocycles. The van der Waals surface area contributed by atoms with Gasteiger partial charge in [0.1, 0.15) is 0 Å². The second kappa shape index (κ2) is 9.17. The molecule has 7 heteroatoms. The molecular weight excluding hydrogens is 376 g/mol. The zero-order valence-corrected chi connectivity index (χ0v) is 18.7. The van der Waals surface area contributed by atoms with E-state index in [1.807, 2.05) is 45.9 Å². The van der Waals surface area contributed by atoms with Crippen molar-refractivity contribution in [1.82, 2.24) is 24.6 Å². The first-order chi connectivity index (χ1) is 14.2. The smallest absolute Gasteiger partial charge is 0.251 e. The number of hydrogen-bond acceptors (Lipinski definition) is 5. The number of rotatable bonds is 7. The van der Waals surface area contributed by atoms with Gasteiger partial charge >= 0.3 is 0 Å². The van der Waals surface area contributed by atoms with Crippen LogP contribution in [0.15, 0.2) is 30.3 Å². The number of benzene rings is 1. The maximum atomic E-state index is 12.7. The van der Waals surface area contributed by atoms with E-state index in [9.17, 15) is 4.79 Å². The lowest BCUT2D eigenvalue weighted by atomic mass is 10.1. The van der Waals surface area contributed by atoms with Gasteiger partial charge < -0.3 is 10.2 Å². The lowest BCUT2D eigenvalue weighted by Crippen LogP contribution is -2.16. The van der Waals surface area contributed by atoms with Crippen LogP contribution in [0.3, 0.4) is 0 Å². The normalized spacial score (nSPS) is 11.2. The Hall–Kier alpha value is -3.06. The topological polar surface area (TPSA) is 75.9 Å². The zero-order chi connectivity index (χ0) is 21.8. The van der Waals surface area contributed by atoms with Crippen LogP contribution in [-0.4, -0.2) is 51.2 Å². The first-order valence-corrected chi connectivity index (χ1v) is 10.1. The van der Waals surface area contributed by atoms with Crippen molar-refractivity contribution in [2.45, 2.75) is 40.5 Å². The fraction of sp³-hybridized carbons (Fsp3) is 0.391. The van der Waals surface area contributed by atoms with Crippen LogP contribution in [0.2, 0.25) is 0 Å². The van der Waals surface area contributed by atoms with E-state index in [2.05, 4.69) is 51.5 Å². The molecule has 2 aromatic heterocycles. The highest BCUT2D eigenvalue weighted by atomic mass is 16.1. The Morgan fingerprint density at radius 1 is 1.03 bits per heavy atom. The second-order valence-corrected chi connectivity index (χ2v) is 7.99. The summed E-state index contributed by atoms with van der Waals surface area (Å²) in [4.78, 5) is 23.8. The number of carbonyl (C=O) groups excluding carboxylic acids is 1. The van der Waals surface area contributed by atoms with Crippen molar-refractivity contribution in [2.75, 3.05) is 26.0 Å². The molecule has 30 heavy (non-hydrogen) atoms. The summed E-state index contributed by atoms with van der Waals surface area (Å²) in [5.41, 5.74) is 6.42. The third-order valence-electron chi connectivity index (χ3n) is 5.02. The lowest BCUT2D eigenvalue weighted by Gasteiger charge is -2.10. The molecule has 158 valence electrons. The molecule has 0 saturated carbocycles. The van der Waals surface area contributed by atoms with E-state index in [4.69, 9.17) is 0 Å². The number of nitrogens with one attached hydrogen (secondary N) is 1. The second-order valence-electron chi connectivity index (χ2n) is 7.99. The molecule has 3 aromatic rings. The highest BCUT2D eigenvalue weighted by Crippen LogP contribution is 2.18. The molecule has 0 radical (unpaired) electrons. The van der Waals surface area contributed by atoms with Gasteiger partial charge in [-0.05, 0) is 72.0 Å². The summed E-state index contributed by atoms with van der Waals surface area (Å²) in [6, 6.07) is 9.95. The standard InChI is InChI=1S/C23H30N6O/c1-15-13-16(2)25-23(24-15)29-18(4)21(17(3)27-29)14-22(30)26-20-9-7-19(8-10-20)11-12-28(5)6/h7-10,13H,11-12,14H2,1-6H3,(H,26,30). The monoisotopic (exact) mass is 406 g/mol. The molecule has 0 atom stereocenters. The fourth-order valence-corrected chi connectivity index (χ4v) is 3.40. The molecule has 0 aliphatic rings. The van der Waals surface area contributed by atoms with Crippen molar-refractivity contribution >= 4 is 11.6 Å². The van der Waals surface area contributed by atoms with E-state index in [0.29, 0.717) is 5.95 Å². The van der Waals surface area contributed by atoms with E-state index in [1.165, 1.54) is 5.56 Å². The largest absolute Gasteiger partial charge is 0.326 e. The maximum Gasteiger partial charge on any atom is 0.251 e. The Morgan fingerprint density at radius 3 is 2.27 bits per heavy atom. The van der Waals surface area contributed by atoms with Gasteiger partial charge in [0.25, 0.3) is 5.95 Å².